The molecule has 5 amide bonds. The number of ether oxygens (including phenoxy) is 3. The number of carbonyl (C=O) groups is 4. The molecule has 1 saturated carbocycles. The standard InChI is InChI=1S/C57H68ClF3N8O7S/c1-34(50-28-42(33-77-50)52-41(31-66(3)4)7-6-8-45(52)58)62-53-44-29-43(49(74-5)30-46(44)63-35(2)64-53)38-9-11-39(12-10-38)54(71)67-21-15-36(16-22-67)20-26-75-32-37-17-23-68(24-18-37)55(72)40-13-14-48(76-57(59,60)61)47(27-40)69-25-19-51(70)65-56(69)73/h6-8,13-14,27-30,33-34,36-39H,9-12,15-26,31-32H2,1-5H3,(H,62,63,64)(H,65,70,73)/t34-,38?,39?/m1/s1. The Hall–Kier alpha value is -6.02. The number of hydrogen-bond donors (Lipinski definition) is 2. The van der Waals surface area contributed by atoms with Gasteiger partial charge in [0.05, 0.1) is 24.4 Å². The number of aryl methyl sites for hydroxylation is 1. The Morgan fingerprint density at radius 3 is 2.34 bits per heavy atom. The van der Waals surface area contributed by atoms with Gasteiger partial charge >= 0.3 is 12.4 Å². The molecule has 5 aromatic rings. The average molecular weight is 1100 g/mol. The van der Waals surface area contributed by atoms with Crippen molar-refractivity contribution in [2.24, 2.45) is 17.8 Å². The number of piperidine rings is 2. The van der Waals surface area contributed by atoms with E-state index < -0.39 is 24.1 Å². The van der Waals surface area contributed by atoms with Crippen LogP contribution in [0.1, 0.15) is 115 Å². The van der Waals surface area contributed by atoms with Crippen molar-refractivity contribution in [3.05, 3.63) is 92.4 Å². The SMILES string of the molecule is COc1cc2nc(C)nc(N[C@H](C)c3cc(-c4c(Cl)cccc4CN(C)C)cs3)c2cc1C1CCC(C(=O)N2CCC(CCOCC3CCN(C(=O)c4ccc(OC(F)(F)F)c(N5CCC(=O)NC5=O)c4)CC3)CC2)CC1. The summed E-state index contributed by atoms with van der Waals surface area (Å²) in [5.74, 6) is 1.90. The number of nitrogens with one attached hydrogen (secondary N) is 2. The van der Waals surface area contributed by atoms with Crippen molar-refractivity contribution < 1.29 is 46.6 Å². The van der Waals surface area contributed by atoms with E-state index in [-0.39, 0.29) is 59.8 Å². The number of likely N-dealkylation sites (tertiary alicyclic amines) is 2. The summed E-state index contributed by atoms with van der Waals surface area (Å²) < 4.78 is 56.0. The van der Waals surface area contributed by atoms with E-state index in [2.05, 4.69) is 69.8 Å². The summed E-state index contributed by atoms with van der Waals surface area (Å²) in [4.78, 5) is 69.5. The van der Waals surface area contributed by atoms with Crippen molar-refractivity contribution in [3.8, 4) is 22.6 Å². The zero-order valence-corrected chi connectivity index (χ0v) is 45.9. The van der Waals surface area contributed by atoms with Gasteiger partial charge in [-0.25, -0.2) is 14.8 Å². The molecule has 2 aromatic heterocycles. The molecule has 0 radical (unpaired) electrons. The lowest BCUT2D eigenvalue weighted by Gasteiger charge is -2.36. The number of hydrogen-bond acceptors (Lipinski definition) is 12. The fourth-order valence-corrected chi connectivity index (χ4v) is 12.7. The van der Waals surface area contributed by atoms with Gasteiger partial charge in [0.25, 0.3) is 5.91 Å². The maximum Gasteiger partial charge on any atom is 0.573 e. The molecule has 412 valence electrons. The smallest absolute Gasteiger partial charge is 0.496 e. The number of urea groups is 1. The van der Waals surface area contributed by atoms with Crippen LogP contribution in [0.5, 0.6) is 11.5 Å². The Morgan fingerprint density at radius 1 is 0.909 bits per heavy atom. The van der Waals surface area contributed by atoms with Gasteiger partial charge in [-0.05, 0) is 162 Å². The van der Waals surface area contributed by atoms with Crippen LogP contribution in [0, 0.1) is 24.7 Å². The van der Waals surface area contributed by atoms with Gasteiger partial charge in [-0.3, -0.25) is 24.6 Å². The third-order valence-electron chi connectivity index (χ3n) is 15.6. The molecule has 3 aliphatic heterocycles. The first kappa shape index (κ1) is 55.7. The topological polar surface area (TPSA) is 159 Å². The second kappa shape index (κ2) is 24.3. The van der Waals surface area contributed by atoms with Crippen molar-refractivity contribution in [1.82, 2.24) is 30.0 Å². The number of rotatable bonds is 17. The van der Waals surface area contributed by atoms with E-state index in [1.807, 2.05) is 25.1 Å². The lowest BCUT2D eigenvalue weighted by atomic mass is 9.77. The van der Waals surface area contributed by atoms with Crippen LogP contribution in [0.15, 0.2) is 60.0 Å². The Kier molecular flexibility index (Phi) is 17.6. The summed E-state index contributed by atoms with van der Waals surface area (Å²) in [7, 11) is 5.82. The van der Waals surface area contributed by atoms with E-state index in [0.29, 0.717) is 50.9 Å². The molecule has 20 heteroatoms. The molecule has 0 bridgehead atoms. The summed E-state index contributed by atoms with van der Waals surface area (Å²) >= 11 is 8.49. The van der Waals surface area contributed by atoms with Gasteiger partial charge < -0.3 is 34.2 Å². The average Bonchev–Trinajstić information content (AvgIpc) is 3.89. The molecule has 2 N–H and O–H groups in total. The van der Waals surface area contributed by atoms with E-state index >= 15 is 0 Å². The molecular formula is C57H68ClF3N8O7S. The fourth-order valence-electron chi connectivity index (χ4n) is 11.5. The van der Waals surface area contributed by atoms with Crippen molar-refractivity contribution in [1.29, 1.82) is 0 Å². The second-order valence-corrected chi connectivity index (χ2v) is 22.6. The number of imide groups is 1. The fraction of sp³-hybridized carbons (Fsp3) is 0.509. The Morgan fingerprint density at radius 2 is 1.64 bits per heavy atom. The van der Waals surface area contributed by atoms with Gasteiger partial charge in [0.1, 0.15) is 17.4 Å². The minimum Gasteiger partial charge on any atom is -0.496 e. The number of carbonyl (C=O) groups excluding carboxylic acids is 4. The molecule has 3 saturated heterocycles. The van der Waals surface area contributed by atoms with Crippen molar-refractivity contribution in [3.63, 3.8) is 0 Å². The molecule has 77 heavy (non-hydrogen) atoms. The predicted molar refractivity (Wildman–Crippen MR) is 292 cm³/mol. The minimum atomic E-state index is -5.03. The number of alkyl halides is 3. The highest BCUT2D eigenvalue weighted by atomic mass is 35.5. The number of nitrogens with zero attached hydrogens (tertiary/aromatic N) is 6. The highest BCUT2D eigenvalue weighted by Gasteiger charge is 2.37. The summed E-state index contributed by atoms with van der Waals surface area (Å²) in [5.41, 5.74) is 5.15. The second-order valence-electron chi connectivity index (χ2n) is 21.2. The van der Waals surface area contributed by atoms with Crippen molar-refractivity contribution >= 4 is 69.1 Å². The molecule has 4 aliphatic rings. The molecule has 1 atom stereocenters. The van der Waals surface area contributed by atoms with Crippen LogP contribution in [-0.4, -0.2) is 122 Å². The van der Waals surface area contributed by atoms with E-state index in [9.17, 15) is 32.3 Å². The van der Waals surface area contributed by atoms with Gasteiger partial charge in [0, 0.05) is 97.3 Å². The molecule has 1 aliphatic carbocycles. The Bertz CT molecular complexity index is 2950. The number of methoxy groups -OCH3 is 1. The van der Waals surface area contributed by atoms with Gasteiger partial charge in [0.2, 0.25) is 11.8 Å². The molecule has 9 rings (SSSR count). The number of amides is 5. The van der Waals surface area contributed by atoms with Gasteiger partial charge in [0.15, 0.2) is 5.75 Å². The summed E-state index contributed by atoms with van der Waals surface area (Å²) in [6.45, 7) is 8.26. The van der Waals surface area contributed by atoms with Crippen LogP contribution in [0.2, 0.25) is 5.02 Å². The summed E-state index contributed by atoms with van der Waals surface area (Å²) in [6.07, 6.45) is 2.46. The number of halogens is 4. The molecule has 5 heterocycles. The maximum absolute atomic E-state index is 13.9. The van der Waals surface area contributed by atoms with Crippen LogP contribution in [0.3, 0.4) is 0 Å². The van der Waals surface area contributed by atoms with Crippen LogP contribution >= 0.6 is 22.9 Å². The number of thiophene rings is 1. The molecule has 15 nitrogen and oxygen atoms in total. The molecule has 0 spiro atoms. The quantitative estimate of drug-likeness (QED) is 0.0854. The molecule has 0 unspecified atom stereocenters. The Balaban J connectivity index is 0.720. The van der Waals surface area contributed by atoms with E-state index in [1.165, 1.54) is 22.6 Å². The van der Waals surface area contributed by atoms with Crippen LogP contribution in [-0.2, 0) is 20.9 Å². The molecule has 4 fully saturated rings. The maximum atomic E-state index is 13.9. The highest BCUT2D eigenvalue weighted by molar-refractivity contribution is 7.10. The normalized spacial score (nSPS) is 19.4. The third kappa shape index (κ3) is 13.5. The minimum absolute atomic E-state index is 0.00417. The first-order valence-corrected chi connectivity index (χ1v) is 28.0. The number of anilines is 2. The van der Waals surface area contributed by atoms with Gasteiger partial charge in [-0.2, -0.15) is 0 Å². The zero-order valence-electron chi connectivity index (χ0n) is 44.3. The number of aromatic nitrogens is 2. The van der Waals surface area contributed by atoms with Crippen LogP contribution in [0.4, 0.5) is 29.5 Å². The van der Waals surface area contributed by atoms with Crippen LogP contribution in [0.25, 0.3) is 22.0 Å². The summed E-state index contributed by atoms with van der Waals surface area (Å²) in [5, 5.41) is 9.67. The monoisotopic (exact) mass is 1100 g/mol. The Labute approximate surface area is 456 Å². The van der Waals surface area contributed by atoms with Crippen LogP contribution < -0.4 is 25.0 Å². The molecule has 3 aromatic carbocycles. The summed E-state index contributed by atoms with van der Waals surface area (Å²) in [6, 6.07) is 15.1. The van der Waals surface area contributed by atoms with E-state index in [0.717, 1.165) is 120 Å². The number of fused-ring (bicyclic) bond motifs is 1. The van der Waals surface area contributed by atoms with Crippen molar-refractivity contribution in [2.75, 3.05) is 77.4 Å². The number of benzene rings is 3. The van der Waals surface area contributed by atoms with Crippen molar-refractivity contribution in [2.45, 2.75) is 103 Å². The molecular weight excluding hydrogens is 1030 g/mol. The predicted octanol–water partition coefficient (Wildman–Crippen LogP) is 11.4. The third-order valence-corrected chi connectivity index (χ3v) is 17.0. The van der Waals surface area contributed by atoms with Gasteiger partial charge in [-0.1, -0.05) is 23.7 Å². The highest BCUT2D eigenvalue weighted by Crippen LogP contribution is 2.44. The lowest BCUT2D eigenvalue weighted by Crippen LogP contribution is -2.49. The lowest BCUT2D eigenvalue weighted by molar-refractivity contribution is -0.274. The first-order valence-electron chi connectivity index (χ1n) is 26.7. The first-order chi connectivity index (χ1) is 36.9. The largest absolute Gasteiger partial charge is 0.573 e. The van der Waals surface area contributed by atoms with E-state index in [1.54, 1.807) is 23.3 Å². The zero-order chi connectivity index (χ0) is 54.5. The van der Waals surface area contributed by atoms with Gasteiger partial charge in [-0.15, -0.1) is 24.5 Å². The van der Waals surface area contributed by atoms with E-state index in [4.69, 9.17) is 31.0 Å².